The summed E-state index contributed by atoms with van der Waals surface area (Å²) in [5, 5.41) is 0.466. The molecule has 0 radical (unpaired) electrons. The molecule has 0 N–H and O–H groups in total. The SMILES string of the molecule is CC(C)(C)c1ccc(N2CN(Cc3ccccc3F)CN=C2Cl)cc1. The van der Waals surface area contributed by atoms with Gasteiger partial charge in [-0.1, -0.05) is 51.1 Å². The van der Waals surface area contributed by atoms with E-state index in [0.717, 1.165) is 5.69 Å². The van der Waals surface area contributed by atoms with Crippen molar-refractivity contribution in [2.45, 2.75) is 32.7 Å². The van der Waals surface area contributed by atoms with Gasteiger partial charge < -0.3 is 4.90 Å². The molecule has 0 aromatic heterocycles. The van der Waals surface area contributed by atoms with Crippen LogP contribution in [0.4, 0.5) is 10.1 Å². The maximum absolute atomic E-state index is 13.9. The Balaban J connectivity index is 1.77. The van der Waals surface area contributed by atoms with Crippen molar-refractivity contribution in [2.24, 2.45) is 4.99 Å². The first-order valence-electron chi connectivity index (χ1n) is 8.38. The lowest BCUT2D eigenvalue weighted by atomic mass is 9.87. The number of aliphatic imine (C=N–C) groups is 1. The van der Waals surface area contributed by atoms with Crippen LogP contribution < -0.4 is 4.90 Å². The third kappa shape index (κ3) is 4.20. The number of hydrogen-bond donors (Lipinski definition) is 0. The number of rotatable bonds is 3. The lowest BCUT2D eigenvalue weighted by molar-refractivity contribution is 0.270. The second-order valence-corrected chi connectivity index (χ2v) is 7.69. The van der Waals surface area contributed by atoms with Crippen LogP contribution in [0, 0.1) is 5.82 Å². The van der Waals surface area contributed by atoms with Crippen LogP contribution in [0.15, 0.2) is 53.5 Å². The molecule has 0 fully saturated rings. The molecule has 25 heavy (non-hydrogen) atoms. The Hall–Kier alpha value is -1.91. The van der Waals surface area contributed by atoms with Gasteiger partial charge in [-0.3, -0.25) is 4.90 Å². The van der Waals surface area contributed by atoms with Crippen LogP contribution in [0.3, 0.4) is 0 Å². The molecular weight excluding hydrogens is 337 g/mol. The van der Waals surface area contributed by atoms with Gasteiger partial charge in [0.15, 0.2) is 0 Å². The third-order valence-corrected chi connectivity index (χ3v) is 4.69. The van der Waals surface area contributed by atoms with E-state index < -0.39 is 0 Å². The van der Waals surface area contributed by atoms with E-state index in [4.69, 9.17) is 11.6 Å². The molecule has 0 unspecified atom stereocenters. The Kier molecular flexibility index (Phi) is 5.11. The van der Waals surface area contributed by atoms with Gasteiger partial charge in [0.25, 0.3) is 0 Å². The van der Waals surface area contributed by atoms with E-state index in [1.54, 1.807) is 12.1 Å². The summed E-state index contributed by atoms with van der Waals surface area (Å²) in [4.78, 5) is 8.38. The zero-order chi connectivity index (χ0) is 18.0. The molecule has 0 spiro atoms. The van der Waals surface area contributed by atoms with Gasteiger partial charge in [-0.15, -0.1) is 0 Å². The Morgan fingerprint density at radius 3 is 2.40 bits per heavy atom. The average Bonchev–Trinajstić information content (AvgIpc) is 2.58. The number of amidine groups is 1. The fourth-order valence-electron chi connectivity index (χ4n) is 2.84. The molecule has 3 rings (SSSR count). The van der Waals surface area contributed by atoms with Gasteiger partial charge in [-0.25, -0.2) is 9.38 Å². The summed E-state index contributed by atoms with van der Waals surface area (Å²) in [6, 6.07) is 15.2. The number of benzene rings is 2. The van der Waals surface area contributed by atoms with Crippen LogP contribution in [0.2, 0.25) is 0 Å². The number of halogens is 2. The van der Waals surface area contributed by atoms with Gasteiger partial charge >= 0.3 is 0 Å². The molecule has 1 aliphatic heterocycles. The molecular formula is C20H23ClFN3. The Bertz CT molecular complexity index is 765. The smallest absolute Gasteiger partial charge is 0.200 e. The van der Waals surface area contributed by atoms with Crippen molar-refractivity contribution in [2.75, 3.05) is 18.2 Å². The number of hydrogen-bond acceptors (Lipinski definition) is 3. The zero-order valence-corrected chi connectivity index (χ0v) is 15.6. The van der Waals surface area contributed by atoms with Crippen molar-refractivity contribution in [1.29, 1.82) is 0 Å². The highest BCUT2D eigenvalue weighted by atomic mass is 35.5. The number of nitrogens with zero attached hydrogens (tertiary/aromatic N) is 3. The highest BCUT2D eigenvalue weighted by molar-refractivity contribution is 6.67. The van der Waals surface area contributed by atoms with Crippen LogP contribution in [0.5, 0.6) is 0 Å². The van der Waals surface area contributed by atoms with E-state index in [-0.39, 0.29) is 11.2 Å². The first-order chi connectivity index (χ1) is 11.8. The van der Waals surface area contributed by atoms with Crippen molar-refractivity contribution < 1.29 is 4.39 Å². The molecule has 1 aliphatic rings. The van der Waals surface area contributed by atoms with Crippen LogP contribution in [0.1, 0.15) is 31.9 Å². The highest BCUT2D eigenvalue weighted by Crippen LogP contribution is 2.26. The monoisotopic (exact) mass is 359 g/mol. The van der Waals surface area contributed by atoms with Crippen molar-refractivity contribution >= 4 is 22.6 Å². The molecule has 0 amide bonds. The average molecular weight is 360 g/mol. The van der Waals surface area contributed by atoms with Gasteiger partial charge in [-0.2, -0.15) is 0 Å². The van der Waals surface area contributed by atoms with Crippen LogP contribution >= 0.6 is 11.6 Å². The van der Waals surface area contributed by atoms with Crippen molar-refractivity contribution in [3.05, 3.63) is 65.5 Å². The zero-order valence-electron chi connectivity index (χ0n) is 14.8. The van der Waals surface area contributed by atoms with Crippen molar-refractivity contribution in [1.82, 2.24) is 4.90 Å². The fourth-order valence-corrected chi connectivity index (χ4v) is 3.05. The van der Waals surface area contributed by atoms with Gasteiger partial charge in [-0.05, 0) is 40.8 Å². The lowest BCUT2D eigenvalue weighted by Gasteiger charge is -2.34. The van der Waals surface area contributed by atoms with Gasteiger partial charge in [0, 0.05) is 17.8 Å². The first-order valence-corrected chi connectivity index (χ1v) is 8.76. The molecule has 3 nitrogen and oxygen atoms in total. The van der Waals surface area contributed by atoms with E-state index in [0.29, 0.717) is 30.7 Å². The summed E-state index contributed by atoms with van der Waals surface area (Å²) in [5.74, 6) is -0.191. The molecule has 1 heterocycles. The second kappa shape index (κ2) is 7.14. The minimum Gasteiger partial charge on any atom is -0.303 e. The number of anilines is 1. The van der Waals surface area contributed by atoms with Gasteiger partial charge in [0.1, 0.15) is 5.82 Å². The van der Waals surface area contributed by atoms with Crippen molar-refractivity contribution in [3.8, 4) is 0 Å². The minimum atomic E-state index is -0.191. The molecule has 0 aliphatic carbocycles. The van der Waals surface area contributed by atoms with E-state index in [2.05, 4.69) is 54.9 Å². The largest absolute Gasteiger partial charge is 0.303 e. The fraction of sp³-hybridized carbons (Fsp3) is 0.350. The van der Waals surface area contributed by atoms with E-state index >= 15 is 0 Å². The van der Waals surface area contributed by atoms with Crippen LogP contribution in [-0.2, 0) is 12.0 Å². The Labute approximate surface area is 153 Å². The summed E-state index contributed by atoms with van der Waals surface area (Å²) < 4.78 is 13.9. The first kappa shape index (κ1) is 17.9. The van der Waals surface area contributed by atoms with E-state index in [1.165, 1.54) is 11.6 Å². The normalized spacial score (nSPS) is 16.0. The van der Waals surface area contributed by atoms with Crippen molar-refractivity contribution in [3.63, 3.8) is 0 Å². The van der Waals surface area contributed by atoms with E-state index in [1.807, 2.05) is 11.0 Å². The standard InChI is InChI=1S/C20H23ClFN3/c1-20(2,3)16-8-10-17(11-9-16)25-14-24(13-23-19(25)21)12-15-6-4-5-7-18(15)22/h4-11H,12-14H2,1-3H3. The van der Waals surface area contributed by atoms with Gasteiger partial charge in [0.05, 0.1) is 13.3 Å². The topological polar surface area (TPSA) is 18.8 Å². The lowest BCUT2D eigenvalue weighted by Crippen LogP contribution is -2.44. The maximum Gasteiger partial charge on any atom is 0.200 e. The molecule has 2 aromatic rings. The maximum atomic E-state index is 13.9. The Morgan fingerprint density at radius 1 is 1.08 bits per heavy atom. The van der Waals surface area contributed by atoms with Gasteiger partial charge in [0.2, 0.25) is 5.29 Å². The second-order valence-electron chi connectivity index (χ2n) is 7.36. The Morgan fingerprint density at radius 2 is 1.76 bits per heavy atom. The summed E-state index contributed by atoms with van der Waals surface area (Å²) in [6.45, 7) is 8.10. The molecule has 0 saturated heterocycles. The quantitative estimate of drug-likeness (QED) is 0.721. The predicted molar refractivity (Wildman–Crippen MR) is 103 cm³/mol. The molecule has 2 aromatic carbocycles. The van der Waals surface area contributed by atoms with E-state index in [9.17, 15) is 4.39 Å². The summed E-state index contributed by atoms with van der Waals surface area (Å²) in [7, 11) is 0. The molecule has 0 bridgehead atoms. The van der Waals surface area contributed by atoms with Crippen LogP contribution in [0.25, 0.3) is 0 Å². The summed E-state index contributed by atoms with van der Waals surface area (Å²) in [6.07, 6.45) is 0. The summed E-state index contributed by atoms with van der Waals surface area (Å²) >= 11 is 6.32. The minimum absolute atomic E-state index is 0.106. The molecule has 132 valence electrons. The van der Waals surface area contributed by atoms with Crippen LogP contribution in [-0.4, -0.2) is 23.5 Å². The molecule has 0 atom stereocenters. The summed E-state index contributed by atoms with van der Waals surface area (Å²) in [5.41, 5.74) is 3.03. The predicted octanol–water partition coefficient (Wildman–Crippen LogP) is 4.96. The third-order valence-electron chi connectivity index (χ3n) is 4.36. The molecule has 0 saturated carbocycles. The highest BCUT2D eigenvalue weighted by Gasteiger charge is 2.22. The molecule has 5 heteroatoms.